The van der Waals surface area contributed by atoms with E-state index in [9.17, 15) is 9.59 Å². The normalized spacial score (nSPS) is 21.5. The molecule has 2 aliphatic rings. The van der Waals surface area contributed by atoms with Gasteiger partial charge >= 0.3 is 6.03 Å². The summed E-state index contributed by atoms with van der Waals surface area (Å²) in [4.78, 5) is 26.9. The van der Waals surface area contributed by atoms with Gasteiger partial charge in [0.2, 0.25) is 5.91 Å². The number of nitrogens with zero attached hydrogens (tertiary/aromatic N) is 2. The number of para-hydroxylation sites is 1. The van der Waals surface area contributed by atoms with Gasteiger partial charge in [-0.15, -0.1) is 0 Å². The number of nitrogens with one attached hydrogen (secondary N) is 1. The number of benzene rings is 1. The number of aryl methyl sites for hydroxylation is 1. The Bertz CT molecular complexity index is 584. The van der Waals surface area contributed by atoms with E-state index in [1.807, 2.05) is 18.2 Å². The zero-order valence-corrected chi connectivity index (χ0v) is 12.9. The molecule has 2 heterocycles. The summed E-state index contributed by atoms with van der Waals surface area (Å²) in [5.41, 5.74) is 1.18. The van der Waals surface area contributed by atoms with E-state index in [-0.39, 0.29) is 18.0 Å². The lowest BCUT2D eigenvalue weighted by atomic mass is 10.1. The maximum absolute atomic E-state index is 12.3. The van der Waals surface area contributed by atoms with Crippen LogP contribution in [0.15, 0.2) is 24.3 Å². The number of amides is 3. The molecule has 0 spiro atoms. The average molecular weight is 303 g/mol. The fraction of sp³-hybridized carbons (Fsp3) is 0.500. The quantitative estimate of drug-likeness (QED) is 0.897. The lowest BCUT2D eigenvalue weighted by Gasteiger charge is -2.40. The van der Waals surface area contributed by atoms with E-state index >= 15 is 0 Å². The highest BCUT2D eigenvalue weighted by atomic mass is 16.5. The van der Waals surface area contributed by atoms with E-state index in [2.05, 4.69) is 18.3 Å². The van der Waals surface area contributed by atoms with Gasteiger partial charge in [-0.3, -0.25) is 4.79 Å². The van der Waals surface area contributed by atoms with Crippen molar-refractivity contribution in [1.29, 1.82) is 0 Å². The fourth-order valence-electron chi connectivity index (χ4n) is 2.80. The third-order valence-corrected chi connectivity index (χ3v) is 4.21. The smallest absolute Gasteiger partial charge is 0.317 e. The maximum atomic E-state index is 12.3. The van der Waals surface area contributed by atoms with Crippen LogP contribution in [0.3, 0.4) is 0 Å². The summed E-state index contributed by atoms with van der Waals surface area (Å²) < 4.78 is 5.97. The lowest BCUT2D eigenvalue weighted by Crippen LogP contribution is -2.60. The average Bonchev–Trinajstić information content (AvgIpc) is 2.82. The summed E-state index contributed by atoms with van der Waals surface area (Å²) >= 11 is 0. The Labute approximate surface area is 130 Å². The van der Waals surface area contributed by atoms with Gasteiger partial charge in [0.1, 0.15) is 17.9 Å². The van der Waals surface area contributed by atoms with Crippen LogP contribution in [0.2, 0.25) is 0 Å². The molecule has 2 saturated heterocycles. The van der Waals surface area contributed by atoms with Crippen LogP contribution in [0, 0.1) is 0 Å². The van der Waals surface area contributed by atoms with Crippen molar-refractivity contribution in [3.05, 3.63) is 29.8 Å². The van der Waals surface area contributed by atoms with Crippen LogP contribution >= 0.6 is 0 Å². The molecule has 0 aliphatic carbocycles. The zero-order valence-electron chi connectivity index (χ0n) is 12.9. The molecule has 6 heteroatoms. The molecule has 118 valence electrons. The third kappa shape index (κ3) is 2.73. The van der Waals surface area contributed by atoms with Crippen molar-refractivity contribution in [3.8, 4) is 5.75 Å². The fourth-order valence-corrected chi connectivity index (χ4v) is 2.80. The number of urea groups is 1. The Morgan fingerprint density at radius 3 is 2.68 bits per heavy atom. The molecule has 0 saturated carbocycles. The van der Waals surface area contributed by atoms with Gasteiger partial charge in [-0.2, -0.15) is 0 Å². The molecular formula is C16H21N3O3. The Morgan fingerprint density at radius 2 is 2.05 bits per heavy atom. The number of ether oxygens (including phenoxy) is 1. The maximum Gasteiger partial charge on any atom is 0.317 e. The minimum Gasteiger partial charge on any atom is -0.486 e. The molecule has 0 aromatic heterocycles. The molecule has 22 heavy (non-hydrogen) atoms. The van der Waals surface area contributed by atoms with Gasteiger partial charge in [-0.05, 0) is 18.1 Å². The molecule has 1 aromatic rings. The number of hydrogen-bond donors (Lipinski definition) is 1. The van der Waals surface area contributed by atoms with Crippen LogP contribution < -0.4 is 10.1 Å². The summed E-state index contributed by atoms with van der Waals surface area (Å²) in [6.45, 7) is 3.68. The second kappa shape index (κ2) is 5.87. The van der Waals surface area contributed by atoms with Crippen molar-refractivity contribution in [2.75, 3.05) is 26.7 Å². The standard InChI is InChI=1S/C16H21N3O3/c1-3-11-6-4-5-7-14(11)22-12-8-19(9-12)15(20)13-10-18(2)16(21)17-13/h4-7,12-13H,3,8-10H2,1-2H3,(H,17,21)/t13-/m1/s1. The summed E-state index contributed by atoms with van der Waals surface area (Å²) in [6.07, 6.45) is 0.956. The predicted molar refractivity (Wildman–Crippen MR) is 81.8 cm³/mol. The summed E-state index contributed by atoms with van der Waals surface area (Å²) in [5.74, 6) is 0.873. The summed E-state index contributed by atoms with van der Waals surface area (Å²) in [7, 11) is 1.69. The van der Waals surface area contributed by atoms with Crippen molar-refractivity contribution in [2.24, 2.45) is 0 Å². The van der Waals surface area contributed by atoms with Crippen molar-refractivity contribution in [3.63, 3.8) is 0 Å². The van der Waals surface area contributed by atoms with Crippen molar-refractivity contribution < 1.29 is 14.3 Å². The van der Waals surface area contributed by atoms with Crippen LogP contribution in [0.1, 0.15) is 12.5 Å². The van der Waals surface area contributed by atoms with E-state index < -0.39 is 6.04 Å². The first kappa shape index (κ1) is 14.7. The van der Waals surface area contributed by atoms with E-state index in [4.69, 9.17) is 4.74 Å². The highest BCUT2D eigenvalue weighted by molar-refractivity contribution is 5.90. The van der Waals surface area contributed by atoms with E-state index in [0.717, 1.165) is 12.2 Å². The predicted octanol–water partition coefficient (Wildman–Crippen LogP) is 0.862. The van der Waals surface area contributed by atoms with E-state index in [1.165, 1.54) is 10.5 Å². The third-order valence-electron chi connectivity index (χ3n) is 4.21. The number of carbonyl (C=O) groups is 2. The molecule has 1 atom stereocenters. The van der Waals surface area contributed by atoms with Crippen LogP contribution in [0.4, 0.5) is 4.79 Å². The van der Waals surface area contributed by atoms with Gasteiger partial charge in [0, 0.05) is 7.05 Å². The Morgan fingerprint density at radius 1 is 1.32 bits per heavy atom. The van der Waals surface area contributed by atoms with Gasteiger partial charge in [0.05, 0.1) is 19.6 Å². The molecular weight excluding hydrogens is 282 g/mol. The van der Waals surface area contributed by atoms with Crippen molar-refractivity contribution >= 4 is 11.9 Å². The molecule has 0 bridgehead atoms. The van der Waals surface area contributed by atoms with Gasteiger partial charge in [-0.25, -0.2) is 4.79 Å². The van der Waals surface area contributed by atoms with Crippen molar-refractivity contribution in [1.82, 2.24) is 15.1 Å². The SMILES string of the molecule is CCc1ccccc1OC1CN(C(=O)[C@H]2CN(C)C(=O)N2)C1. The lowest BCUT2D eigenvalue weighted by molar-refractivity contribution is -0.141. The number of likely N-dealkylation sites (N-methyl/N-ethyl adjacent to an activating group) is 1. The first-order chi connectivity index (χ1) is 10.6. The zero-order chi connectivity index (χ0) is 15.7. The molecule has 6 nitrogen and oxygen atoms in total. The summed E-state index contributed by atoms with van der Waals surface area (Å²) in [5, 5.41) is 2.69. The second-order valence-electron chi connectivity index (χ2n) is 5.83. The van der Waals surface area contributed by atoms with Gasteiger partial charge < -0.3 is 19.9 Å². The minimum atomic E-state index is -0.429. The molecule has 1 aromatic carbocycles. The molecule has 0 unspecified atom stereocenters. The van der Waals surface area contributed by atoms with Crippen LogP contribution in [0.5, 0.6) is 5.75 Å². The molecule has 3 amide bonds. The van der Waals surface area contributed by atoms with Gasteiger partial charge in [-0.1, -0.05) is 25.1 Å². The number of carbonyl (C=O) groups excluding carboxylic acids is 2. The molecule has 0 radical (unpaired) electrons. The number of likely N-dealkylation sites (tertiary alicyclic amines) is 1. The molecule has 2 aliphatic heterocycles. The van der Waals surface area contributed by atoms with E-state index in [0.29, 0.717) is 19.6 Å². The van der Waals surface area contributed by atoms with Crippen LogP contribution in [0.25, 0.3) is 0 Å². The Hall–Kier alpha value is -2.24. The number of hydrogen-bond acceptors (Lipinski definition) is 3. The first-order valence-electron chi connectivity index (χ1n) is 7.63. The molecule has 2 fully saturated rings. The topological polar surface area (TPSA) is 61.9 Å². The summed E-state index contributed by atoms with van der Waals surface area (Å²) in [6, 6.07) is 7.36. The molecule has 1 N–H and O–H groups in total. The monoisotopic (exact) mass is 303 g/mol. The van der Waals surface area contributed by atoms with Crippen LogP contribution in [-0.4, -0.2) is 60.6 Å². The van der Waals surface area contributed by atoms with Crippen molar-refractivity contribution in [2.45, 2.75) is 25.5 Å². The number of rotatable bonds is 4. The minimum absolute atomic E-state index is 0.0265. The Balaban J connectivity index is 1.52. The molecule has 3 rings (SSSR count). The highest BCUT2D eigenvalue weighted by Gasteiger charge is 2.39. The second-order valence-corrected chi connectivity index (χ2v) is 5.83. The first-order valence-corrected chi connectivity index (χ1v) is 7.63. The highest BCUT2D eigenvalue weighted by Crippen LogP contribution is 2.23. The van der Waals surface area contributed by atoms with E-state index in [1.54, 1.807) is 11.9 Å². The van der Waals surface area contributed by atoms with Gasteiger partial charge in [0.15, 0.2) is 0 Å². The van der Waals surface area contributed by atoms with Crippen LogP contribution in [-0.2, 0) is 11.2 Å². The van der Waals surface area contributed by atoms with Gasteiger partial charge in [0.25, 0.3) is 0 Å². The Kier molecular flexibility index (Phi) is 3.92. The largest absolute Gasteiger partial charge is 0.486 e.